The number of H-pyrrole nitrogens is 1. The molecule has 1 atom stereocenters. The van der Waals surface area contributed by atoms with Crippen molar-refractivity contribution in [1.82, 2.24) is 10.2 Å². The monoisotopic (exact) mass is 283 g/mol. The fourth-order valence-corrected chi connectivity index (χ4v) is 2.61. The average molecular weight is 283 g/mol. The number of nitrogens with one attached hydrogen (secondary N) is 1. The fourth-order valence-electron chi connectivity index (χ4n) is 2.61. The van der Waals surface area contributed by atoms with Gasteiger partial charge in [-0.15, -0.1) is 0 Å². The van der Waals surface area contributed by atoms with Crippen molar-refractivity contribution >= 4 is 0 Å². The second kappa shape index (κ2) is 6.42. The van der Waals surface area contributed by atoms with Crippen LogP contribution in [0.5, 0.6) is 5.75 Å². The molecule has 0 saturated carbocycles. The van der Waals surface area contributed by atoms with Gasteiger partial charge in [0.05, 0.1) is 30.2 Å². The molecule has 0 amide bonds. The molecular formula is C16H17N3O2. The quantitative estimate of drug-likeness (QED) is 0.856. The molecule has 5 heteroatoms. The SMILES string of the molecule is N#Cc1ccccc1OCCOC1CCCc2cn[nH]c21. The Morgan fingerprint density at radius 2 is 2.24 bits per heavy atom. The summed E-state index contributed by atoms with van der Waals surface area (Å²) in [5.41, 5.74) is 2.90. The van der Waals surface area contributed by atoms with Gasteiger partial charge in [-0.25, -0.2) is 0 Å². The number of nitriles is 1. The number of hydrogen-bond donors (Lipinski definition) is 1. The second-order valence-corrected chi connectivity index (χ2v) is 5.02. The van der Waals surface area contributed by atoms with Crippen molar-refractivity contribution in [3.05, 3.63) is 47.3 Å². The van der Waals surface area contributed by atoms with Crippen LogP contribution in [0.25, 0.3) is 0 Å². The lowest BCUT2D eigenvalue weighted by Crippen LogP contribution is -2.16. The highest BCUT2D eigenvalue weighted by atomic mass is 16.5. The molecule has 0 radical (unpaired) electrons. The summed E-state index contributed by atoms with van der Waals surface area (Å²) in [7, 11) is 0. The van der Waals surface area contributed by atoms with Crippen LogP contribution in [0.15, 0.2) is 30.5 Å². The number of rotatable bonds is 5. The number of aryl methyl sites for hydroxylation is 1. The van der Waals surface area contributed by atoms with Crippen molar-refractivity contribution in [2.75, 3.05) is 13.2 Å². The number of hydrogen-bond acceptors (Lipinski definition) is 4. The third kappa shape index (κ3) is 3.06. The van der Waals surface area contributed by atoms with E-state index in [1.54, 1.807) is 12.1 Å². The molecule has 0 spiro atoms. The highest BCUT2D eigenvalue weighted by Gasteiger charge is 2.22. The molecule has 0 aliphatic heterocycles. The van der Waals surface area contributed by atoms with Crippen molar-refractivity contribution in [1.29, 1.82) is 5.26 Å². The van der Waals surface area contributed by atoms with Gasteiger partial charge in [0, 0.05) is 0 Å². The lowest BCUT2D eigenvalue weighted by atomic mass is 9.96. The van der Waals surface area contributed by atoms with Crippen LogP contribution < -0.4 is 4.74 Å². The number of benzene rings is 1. The topological polar surface area (TPSA) is 70.9 Å². The van der Waals surface area contributed by atoms with Crippen LogP contribution in [0.1, 0.15) is 35.8 Å². The molecule has 1 aromatic carbocycles. The van der Waals surface area contributed by atoms with Gasteiger partial charge in [0.25, 0.3) is 0 Å². The Bertz CT molecular complexity index is 645. The molecular weight excluding hydrogens is 266 g/mol. The number of aromatic nitrogens is 2. The highest BCUT2D eigenvalue weighted by molar-refractivity contribution is 5.42. The minimum atomic E-state index is 0.0751. The summed E-state index contributed by atoms with van der Waals surface area (Å²) in [5.74, 6) is 0.606. The Kier molecular flexibility index (Phi) is 4.17. The van der Waals surface area contributed by atoms with Gasteiger partial charge < -0.3 is 9.47 Å². The summed E-state index contributed by atoms with van der Waals surface area (Å²) in [6, 6.07) is 9.34. The van der Waals surface area contributed by atoms with E-state index in [1.165, 1.54) is 5.56 Å². The molecule has 0 bridgehead atoms. The van der Waals surface area contributed by atoms with Crippen LogP contribution in [0.4, 0.5) is 0 Å². The molecule has 1 unspecified atom stereocenters. The maximum absolute atomic E-state index is 8.99. The van der Waals surface area contributed by atoms with Crippen molar-refractivity contribution in [3.8, 4) is 11.8 Å². The predicted octanol–water partition coefficient (Wildman–Crippen LogP) is 2.75. The fraction of sp³-hybridized carbons (Fsp3) is 0.375. The van der Waals surface area contributed by atoms with Gasteiger partial charge in [0.2, 0.25) is 0 Å². The largest absolute Gasteiger partial charge is 0.490 e. The molecule has 3 rings (SSSR count). The van der Waals surface area contributed by atoms with Crippen LogP contribution in [0.2, 0.25) is 0 Å². The van der Waals surface area contributed by atoms with Crippen molar-refractivity contribution in [2.24, 2.45) is 0 Å². The minimum absolute atomic E-state index is 0.0751. The molecule has 0 saturated heterocycles. The Balaban J connectivity index is 1.51. The number of fused-ring (bicyclic) bond motifs is 1. The normalized spacial score (nSPS) is 17.0. The molecule has 1 aromatic heterocycles. The maximum atomic E-state index is 8.99. The van der Waals surface area contributed by atoms with E-state index in [0.717, 1.165) is 25.0 Å². The lowest BCUT2D eigenvalue weighted by molar-refractivity contribution is 0.0204. The van der Waals surface area contributed by atoms with E-state index in [9.17, 15) is 0 Å². The van der Waals surface area contributed by atoms with Gasteiger partial charge in [-0.05, 0) is 37.0 Å². The molecule has 1 N–H and O–H groups in total. The standard InChI is InChI=1S/C16H17N3O2/c17-10-12-4-1-2-6-14(12)20-8-9-21-15-7-3-5-13-11-18-19-16(13)15/h1-2,4,6,11,15H,3,5,7-9H2,(H,18,19). The lowest BCUT2D eigenvalue weighted by Gasteiger charge is -2.22. The Labute approximate surface area is 123 Å². The van der Waals surface area contributed by atoms with Gasteiger partial charge in [-0.2, -0.15) is 10.4 Å². The zero-order valence-electron chi connectivity index (χ0n) is 11.7. The summed E-state index contributed by atoms with van der Waals surface area (Å²) in [5, 5.41) is 16.1. The summed E-state index contributed by atoms with van der Waals surface area (Å²) >= 11 is 0. The van der Waals surface area contributed by atoms with Gasteiger partial charge in [-0.3, -0.25) is 5.10 Å². The molecule has 1 heterocycles. The first-order chi connectivity index (χ1) is 10.4. The predicted molar refractivity (Wildman–Crippen MR) is 76.9 cm³/mol. The van der Waals surface area contributed by atoms with Crippen LogP contribution in [-0.4, -0.2) is 23.4 Å². The van der Waals surface area contributed by atoms with Gasteiger partial charge in [0.15, 0.2) is 0 Å². The highest BCUT2D eigenvalue weighted by Crippen LogP contribution is 2.30. The van der Waals surface area contributed by atoms with E-state index in [4.69, 9.17) is 14.7 Å². The van der Waals surface area contributed by atoms with Crippen molar-refractivity contribution in [3.63, 3.8) is 0 Å². The van der Waals surface area contributed by atoms with E-state index in [2.05, 4.69) is 16.3 Å². The third-order valence-corrected chi connectivity index (χ3v) is 3.65. The Hall–Kier alpha value is -2.32. The van der Waals surface area contributed by atoms with E-state index in [0.29, 0.717) is 24.5 Å². The van der Waals surface area contributed by atoms with Gasteiger partial charge in [-0.1, -0.05) is 12.1 Å². The van der Waals surface area contributed by atoms with E-state index >= 15 is 0 Å². The summed E-state index contributed by atoms with van der Waals surface area (Å²) < 4.78 is 11.5. The van der Waals surface area contributed by atoms with E-state index in [1.807, 2.05) is 18.3 Å². The maximum Gasteiger partial charge on any atom is 0.137 e. The summed E-state index contributed by atoms with van der Waals surface area (Å²) in [6.07, 6.45) is 5.15. The van der Waals surface area contributed by atoms with Crippen LogP contribution in [0.3, 0.4) is 0 Å². The van der Waals surface area contributed by atoms with Crippen LogP contribution in [-0.2, 0) is 11.2 Å². The molecule has 0 fully saturated rings. The minimum Gasteiger partial charge on any atom is -0.490 e. The van der Waals surface area contributed by atoms with Crippen molar-refractivity contribution < 1.29 is 9.47 Å². The Morgan fingerprint density at radius 1 is 1.33 bits per heavy atom. The smallest absolute Gasteiger partial charge is 0.137 e. The van der Waals surface area contributed by atoms with E-state index < -0.39 is 0 Å². The average Bonchev–Trinajstić information content (AvgIpc) is 3.01. The first-order valence-electron chi connectivity index (χ1n) is 7.14. The third-order valence-electron chi connectivity index (χ3n) is 3.65. The Morgan fingerprint density at radius 3 is 3.14 bits per heavy atom. The first-order valence-corrected chi connectivity index (χ1v) is 7.14. The molecule has 2 aromatic rings. The second-order valence-electron chi connectivity index (χ2n) is 5.02. The van der Waals surface area contributed by atoms with E-state index in [-0.39, 0.29) is 6.10 Å². The molecule has 1 aliphatic carbocycles. The van der Waals surface area contributed by atoms with Crippen LogP contribution in [0, 0.1) is 11.3 Å². The number of para-hydroxylation sites is 1. The molecule has 108 valence electrons. The first kappa shape index (κ1) is 13.7. The number of nitrogens with zero attached hydrogens (tertiary/aromatic N) is 2. The van der Waals surface area contributed by atoms with Crippen LogP contribution >= 0.6 is 0 Å². The van der Waals surface area contributed by atoms with Crippen molar-refractivity contribution in [2.45, 2.75) is 25.4 Å². The zero-order chi connectivity index (χ0) is 14.5. The molecule has 5 nitrogen and oxygen atoms in total. The number of ether oxygens (including phenoxy) is 2. The van der Waals surface area contributed by atoms with Gasteiger partial charge in [0.1, 0.15) is 18.4 Å². The number of aromatic amines is 1. The summed E-state index contributed by atoms with van der Waals surface area (Å²) in [6.45, 7) is 0.918. The summed E-state index contributed by atoms with van der Waals surface area (Å²) in [4.78, 5) is 0. The zero-order valence-corrected chi connectivity index (χ0v) is 11.7. The molecule has 1 aliphatic rings. The van der Waals surface area contributed by atoms with Gasteiger partial charge >= 0.3 is 0 Å². The molecule has 21 heavy (non-hydrogen) atoms.